The van der Waals surface area contributed by atoms with Crippen LogP contribution >= 0.6 is 0 Å². The monoisotopic (exact) mass is 674 g/mol. The number of benzene rings is 4. The number of aromatic nitrogens is 4. The number of hydrogen-bond donors (Lipinski definition) is 0. The Balaban J connectivity index is 1.36. The van der Waals surface area contributed by atoms with E-state index in [0.29, 0.717) is 5.92 Å². The maximum absolute atomic E-state index is 6.76. The van der Waals surface area contributed by atoms with Gasteiger partial charge in [-0.2, -0.15) is 5.10 Å². The Labute approximate surface area is 302 Å². The number of fused-ring (bicyclic) bond motifs is 3. The van der Waals surface area contributed by atoms with Crippen LogP contribution in [-0.4, -0.2) is 19.3 Å². The van der Waals surface area contributed by atoms with Crippen molar-refractivity contribution in [3.05, 3.63) is 131 Å². The van der Waals surface area contributed by atoms with Crippen LogP contribution in [0.2, 0.25) is 0 Å². The zero-order chi connectivity index (χ0) is 36.4. The summed E-state index contributed by atoms with van der Waals surface area (Å²) in [7, 11) is 0. The largest absolute Gasteiger partial charge is 0.457 e. The van der Waals surface area contributed by atoms with Crippen LogP contribution in [0.5, 0.6) is 11.5 Å². The molecule has 5 nitrogen and oxygen atoms in total. The number of ether oxygens (including phenoxy) is 1. The molecule has 0 aliphatic rings. The molecule has 51 heavy (non-hydrogen) atoms. The third-order valence-electron chi connectivity index (χ3n) is 10.1. The topological polar surface area (TPSA) is 44.9 Å². The van der Waals surface area contributed by atoms with Gasteiger partial charge in [0.2, 0.25) is 0 Å². The van der Waals surface area contributed by atoms with Crippen molar-refractivity contribution in [2.45, 2.75) is 92.9 Å². The maximum Gasteiger partial charge on any atom is 0.137 e. The normalized spacial score (nSPS) is 12.4. The van der Waals surface area contributed by atoms with E-state index >= 15 is 0 Å². The highest BCUT2D eigenvalue weighted by Gasteiger charge is 2.29. The Morgan fingerprint density at radius 1 is 0.647 bits per heavy atom. The van der Waals surface area contributed by atoms with Gasteiger partial charge < -0.3 is 4.74 Å². The van der Waals surface area contributed by atoms with E-state index in [1.165, 1.54) is 44.2 Å². The van der Waals surface area contributed by atoms with Gasteiger partial charge in [-0.25, -0.2) is 9.67 Å². The molecule has 0 atom stereocenters. The van der Waals surface area contributed by atoms with Crippen LogP contribution in [0.4, 0.5) is 0 Å². The summed E-state index contributed by atoms with van der Waals surface area (Å²) in [5.41, 5.74) is 12.8. The summed E-state index contributed by atoms with van der Waals surface area (Å²) in [5.74, 6) is 2.75. The van der Waals surface area contributed by atoms with Crippen molar-refractivity contribution >= 4 is 21.8 Å². The van der Waals surface area contributed by atoms with Crippen LogP contribution in [0.3, 0.4) is 0 Å². The minimum Gasteiger partial charge on any atom is -0.457 e. The van der Waals surface area contributed by atoms with E-state index in [9.17, 15) is 0 Å². The molecule has 0 saturated heterocycles. The van der Waals surface area contributed by atoms with Gasteiger partial charge in [0.05, 0.1) is 22.4 Å². The van der Waals surface area contributed by atoms with Crippen LogP contribution in [0, 0.1) is 20.8 Å². The van der Waals surface area contributed by atoms with Crippen molar-refractivity contribution in [2.75, 3.05) is 0 Å². The van der Waals surface area contributed by atoms with Gasteiger partial charge in [0.15, 0.2) is 0 Å². The van der Waals surface area contributed by atoms with Gasteiger partial charge in [-0.3, -0.25) is 4.57 Å². The quantitative estimate of drug-likeness (QED) is 0.176. The first kappa shape index (κ1) is 34.3. The van der Waals surface area contributed by atoms with E-state index in [2.05, 4.69) is 170 Å². The summed E-state index contributed by atoms with van der Waals surface area (Å²) in [4.78, 5) is 4.76. The third kappa shape index (κ3) is 6.24. The number of pyridine rings is 1. The average molecular weight is 675 g/mol. The fourth-order valence-corrected chi connectivity index (χ4v) is 7.49. The number of hydrogen-bond acceptors (Lipinski definition) is 3. The smallest absolute Gasteiger partial charge is 0.137 e. The Morgan fingerprint density at radius 2 is 1.33 bits per heavy atom. The lowest BCUT2D eigenvalue weighted by Gasteiger charge is -2.30. The summed E-state index contributed by atoms with van der Waals surface area (Å²) < 4.78 is 11.1. The SMILES string of the molecule is Cc1ccnc(-n2c3ccccc3c3ccc(Oc4cc(C(C)C)cc(-n5nc(C)c(-c6c(C(C)(C)C)cccc6C(C)(C)C)c5C)c4)cc32)c1. The molecule has 0 saturated carbocycles. The van der Waals surface area contributed by atoms with E-state index < -0.39 is 0 Å². The lowest BCUT2D eigenvalue weighted by Crippen LogP contribution is -2.19. The molecule has 260 valence electrons. The predicted molar refractivity (Wildman–Crippen MR) is 213 cm³/mol. The maximum atomic E-state index is 6.76. The van der Waals surface area contributed by atoms with Crippen molar-refractivity contribution in [2.24, 2.45) is 0 Å². The molecule has 7 rings (SSSR count). The molecule has 0 bridgehead atoms. The van der Waals surface area contributed by atoms with Crippen molar-refractivity contribution < 1.29 is 4.74 Å². The molecule has 7 aromatic rings. The van der Waals surface area contributed by atoms with Crippen molar-refractivity contribution in [1.82, 2.24) is 19.3 Å². The summed E-state index contributed by atoms with van der Waals surface area (Å²) in [6.45, 7) is 24.7. The summed E-state index contributed by atoms with van der Waals surface area (Å²) in [6, 6.07) is 32.4. The van der Waals surface area contributed by atoms with Crippen molar-refractivity contribution in [3.8, 4) is 34.1 Å². The van der Waals surface area contributed by atoms with Crippen LogP contribution in [0.25, 0.3) is 44.4 Å². The number of nitrogens with zero attached hydrogens (tertiary/aromatic N) is 4. The first-order chi connectivity index (χ1) is 24.1. The fourth-order valence-electron chi connectivity index (χ4n) is 7.49. The summed E-state index contributed by atoms with van der Waals surface area (Å²) in [5, 5.41) is 7.57. The molecular weight excluding hydrogens is 625 g/mol. The van der Waals surface area contributed by atoms with Crippen LogP contribution in [0.15, 0.2) is 97.2 Å². The molecule has 5 heteroatoms. The zero-order valence-corrected chi connectivity index (χ0v) is 32.0. The Bertz CT molecular complexity index is 2400. The standard InChI is InChI=1S/C46H50N4O/c1-28(2)32-24-33(50-31(5)43(30(4)48-50)44-38(45(6,7)8)16-14-17-39(44)46(9,10)11)26-35(25-32)51-34-19-20-37-36-15-12-13-18-40(36)49(41(37)27-34)42-23-29(3)21-22-47-42/h12-28H,1-11H3. The first-order valence-corrected chi connectivity index (χ1v) is 18.1. The molecule has 0 fully saturated rings. The lowest BCUT2D eigenvalue weighted by atomic mass is 9.74. The molecule has 0 amide bonds. The summed E-state index contributed by atoms with van der Waals surface area (Å²) >= 11 is 0. The molecular formula is C46H50N4O. The molecule has 0 aliphatic heterocycles. The second-order valence-corrected chi connectivity index (χ2v) is 16.4. The van der Waals surface area contributed by atoms with Crippen LogP contribution < -0.4 is 4.74 Å². The molecule has 3 heterocycles. The molecule has 0 N–H and O–H groups in total. The van der Waals surface area contributed by atoms with Crippen LogP contribution in [0.1, 0.15) is 94.9 Å². The molecule has 4 aromatic carbocycles. The Morgan fingerprint density at radius 3 is 2.00 bits per heavy atom. The second-order valence-electron chi connectivity index (χ2n) is 16.4. The van der Waals surface area contributed by atoms with E-state index in [1.807, 2.05) is 12.3 Å². The van der Waals surface area contributed by atoms with Gasteiger partial charge in [-0.1, -0.05) is 91.8 Å². The molecule has 0 aliphatic carbocycles. The van der Waals surface area contributed by atoms with Gasteiger partial charge in [-0.05, 0) is 108 Å². The molecule has 0 spiro atoms. The minimum absolute atomic E-state index is 0.0294. The predicted octanol–water partition coefficient (Wildman–Crippen LogP) is 12.5. The van der Waals surface area contributed by atoms with Gasteiger partial charge in [-0.15, -0.1) is 0 Å². The first-order valence-electron chi connectivity index (χ1n) is 18.1. The zero-order valence-electron chi connectivity index (χ0n) is 32.0. The van der Waals surface area contributed by atoms with Gasteiger partial charge >= 0.3 is 0 Å². The Kier molecular flexibility index (Phi) is 8.45. The molecule has 0 unspecified atom stereocenters. The highest BCUT2D eigenvalue weighted by Crippen LogP contribution is 2.44. The summed E-state index contributed by atoms with van der Waals surface area (Å²) in [6.07, 6.45) is 1.88. The van der Waals surface area contributed by atoms with Crippen molar-refractivity contribution in [3.63, 3.8) is 0 Å². The van der Waals surface area contributed by atoms with E-state index in [4.69, 9.17) is 14.8 Å². The average Bonchev–Trinajstić information content (AvgIpc) is 3.55. The van der Waals surface area contributed by atoms with Gasteiger partial charge in [0, 0.05) is 40.4 Å². The highest BCUT2D eigenvalue weighted by atomic mass is 16.5. The number of rotatable bonds is 6. The minimum atomic E-state index is -0.0294. The van der Waals surface area contributed by atoms with Crippen molar-refractivity contribution in [1.29, 1.82) is 0 Å². The van der Waals surface area contributed by atoms with E-state index in [0.717, 1.165) is 45.4 Å². The Hall–Kier alpha value is -5.16. The van der Waals surface area contributed by atoms with Gasteiger partial charge in [0.25, 0.3) is 0 Å². The lowest BCUT2D eigenvalue weighted by molar-refractivity contribution is 0.481. The highest BCUT2D eigenvalue weighted by molar-refractivity contribution is 6.09. The third-order valence-corrected chi connectivity index (χ3v) is 10.1. The number of para-hydroxylation sites is 1. The fraction of sp³-hybridized carbons (Fsp3) is 0.304. The van der Waals surface area contributed by atoms with E-state index in [-0.39, 0.29) is 10.8 Å². The van der Waals surface area contributed by atoms with Crippen LogP contribution in [-0.2, 0) is 10.8 Å². The van der Waals surface area contributed by atoms with E-state index in [1.54, 1.807) is 0 Å². The molecule has 3 aromatic heterocycles. The number of aryl methyl sites for hydroxylation is 2. The second kappa shape index (κ2) is 12.6. The van der Waals surface area contributed by atoms with Gasteiger partial charge in [0.1, 0.15) is 17.3 Å². The molecule has 0 radical (unpaired) electrons.